The molecule has 0 aromatic rings. The van der Waals surface area contributed by atoms with E-state index in [2.05, 4.69) is 18.2 Å². The van der Waals surface area contributed by atoms with E-state index in [4.69, 9.17) is 0 Å². The van der Waals surface area contributed by atoms with E-state index in [1.54, 1.807) is 0 Å². The average molecular weight is 362 g/mol. The Kier molecular flexibility index (Phi) is 23.8. The third-order valence-corrected chi connectivity index (χ3v) is 4.37. The van der Waals surface area contributed by atoms with Crippen molar-refractivity contribution in [2.75, 3.05) is 0 Å². The van der Waals surface area contributed by atoms with Crippen LogP contribution in [0.4, 0.5) is 0 Å². The molecule has 0 aliphatic carbocycles. The standard InChI is InChI=1S/C21H38O3.Na/c1-3-5-6-7-8-9-10-11-12-13-14-15-16-17-18-19-21(23)24-20(22)4-2;/h4H,2-3,5-19H2,1H3;. The van der Waals surface area contributed by atoms with E-state index in [0.29, 0.717) is 6.42 Å². The van der Waals surface area contributed by atoms with E-state index in [1.165, 1.54) is 83.5 Å². The molecule has 3 nitrogen and oxygen atoms in total. The van der Waals surface area contributed by atoms with Crippen molar-refractivity contribution in [3.63, 3.8) is 0 Å². The van der Waals surface area contributed by atoms with Gasteiger partial charge in [0.1, 0.15) is 0 Å². The van der Waals surface area contributed by atoms with Crippen LogP contribution >= 0.6 is 0 Å². The summed E-state index contributed by atoms with van der Waals surface area (Å²) in [5.41, 5.74) is 0. The summed E-state index contributed by atoms with van der Waals surface area (Å²) in [4.78, 5) is 22.1. The molecule has 0 saturated carbocycles. The van der Waals surface area contributed by atoms with E-state index in [0.717, 1.165) is 18.9 Å². The fourth-order valence-corrected chi connectivity index (χ4v) is 2.85. The molecule has 0 N–H and O–H groups in total. The third kappa shape index (κ3) is 21.8. The van der Waals surface area contributed by atoms with Crippen molar-refractivity contribution in [1.82, 2.24) is 0 Å². The van der Waals surface area contributed by atoms with Gasteiger partial charge in [0.25, 0.3) is 0 Å². The molecule has 1 radical (unpaired) electrons. The first-order chi connectivity index (χ1) is 11.7. The van der Waals surface area contributed by atoms with Crippen LogP contribution < -0.4 is 0 Å². The number of ether oxygens (including phenoxy) is 1. The predicted octanol–water partition coefficient (Wildman–Crippen LogP) is 6.12. The van der Waals surface area contributed by atoms with Crippen LogP contribution in [0.2, 0.25) is 0 Å². The fraction of sp³-hybridized carbons (Fsp3) is 0.810. The molecule has 0 heterocycles. The van der Waals surface area contributed by atoms with Crippen LogP contribution in [0, 0.1) is 0 Å². The number of hydrogen-bond acceptors (Lipinski definition) is 3. The van der Waals surface area contributed by atoms with Crippen molar-refractivity contribution in [1.29, 1.82) is 0 Å². The molecule has 0 aromatic carbocycles. The second-order valence-electron chi connectivity index (χ2n) is 6.70. The van der Waals surface area contributed by atoms with Crippen LogP contribution in [0.25, 0.3) is 0 Å². The number of carbonyl (C=O) groups excluding carboxylic acids is 2. The molecule has 4 heteroatoms. The molecule has 141 valence electrons. The van der Waals surface area contributed by atoms with Crippen LogP contribution in [-0.2, 0) is 14.3 Å². The number of unbranched alkanes of at least 4 members (excludes halogenated alkanes) is 14. The molecule has 25 heavy (non-hydrogen) atoms. The number of carbonyl (C=O) groups is 2. The molecule has 0 bridgehead atoms. The van der Waals surface area contributed by atoms with Crippen molar-refractivity contribution in [2.45, 2.75) is 110 Å². The van der Waals surface area contributed by atoms with Gasteiger partial charge >= 0.3 is 11.9 Å². The van der Waals surface area contributed by atoms with Gasteiger partial charge in [-0.3, -0.25) is 4.79 Å². The Morgan fingerprint density at radius 1 is 0.720 bits per heavy atom. The number of hydrogen-bond donors (Lipinski definition) is 0. The van der Waals surface area contributed by atoms with Crippen molar-refractivity contribution in [2.24, 2.45) is 0 Å². The van der Waals surface area contributed by atoms with E-state index >= 15 is 0 Å². The molecule has 0 aliphatic rings. The minimum absolute atomic E-state index is 0. The van der Waals surface area contributed by atoms with Crippen LogP contribution in [-0.4, -0.2) is 41.5 Å². The summed E-state index contributed by atoms with van der Waals surface area (Å²) >= 11 is 0. The second kappa shape index (κ2) is 21.9. The molecule has 0 amide bonds. The minimum Gasteiger partial charge on any atom is -0.390 e. The van der Waals surface area contributed by atoms with Gasteiger partial charge in [-0.15, -0.1) is 0 Å². The van der Waals surface area contributed by atoms with Gasteiger partial charge in [-0.2, -0.15) is 0 Å². The topological polar surface area (TPSA) is 43.4 Å². The summed E-state index contributed by atoms with van der Waals surface area (Å²) in [5, 5.41) is 0. The van der Waals surface area contributed by atoms with Crippen molar-refractivity contribution < 1.29 is 14.3 Å². The van der Waals surface area contributed by atoms with Gasteiger partial charge in [-0.25, -0.2) is 4.79 Å². The summed E-state index contributed by atoms with van der Waals surface area (Å²) in [6.45, 7) is 5.53. The molecule has 0 saturated heterocycles. The smallest absolute Gasteiger partial charge is 0.337 e. The normalized spacial score (nSPS) is 10.1. The minimum atomic E-state index is -0.652. The summed E-state index contributed by atoms with van der Waals surface area (Å²) in [6, 6.07) is 0. The van der Waals surface area contributed by atoms with Crippen LogP contribution in [0.5, 0.6) is 0 Å². The molecule has 0 fully saturated rings. The summed E-state index contributed by atoms with van der Waals surface area (Å²) in [6.07, 6.45) is 20.8. The Morgan fingerprint density at radius 3 is 1.44 bits per heavy atom. The second-order valence-corrected chi connectivity index (χ2v) is 6.70. The fourth-order valence-electron chi connectivity index (χ4n) is 2.85. The van der Waals surface area contributed by atoms with Gasteiger partial charge in [-0.05, 0) is 6.42 Å². The van der Waals surface area contributed by atoms with Gasteiger partial charge in [0, 0.05) is 42.1 Å². The van der Waals surface area contributed by atoms with Crippen molar-refractivity contribution in [3.05, 3.63) is 12.7 Å². The van der Waals surface area contributed by atoms with Crippen LogP contribution in [0.15, 0.2) is 12.7 Å². The average Bonchev–Trinajstić information content (AvgIpc) is 2.58. The first kappa shape index (κ1) is 27.1. The molecular weight excluding hydrogens is 323 g/mol. The molecule has 0 aromatic heterocycles. The quantitative estimate of drug-likeness (QED) is 0.103. The van der Waals surface area contributed by atoms with Gasteiger partial charge in [0.05, 0.1) is 0 Å². The zero-order chi connectivity index (χ0) is 17.9. The van der Waals surface area contributed by atoms with Gasteiger partial charge < -0.3 is 4.74 Å². The zero-order valence-corrected chi connectivity index (χ0v) is 18.8. The largest absolute Gasteiger partial charge is 0.390 e. The van der Waals surface area contributed by atoms with E-state index < -0.39 is 11.9 Å². The number of rotatable bonds is 17. The molecule has 0 spiro atoms. The Bertz CT molecular complexity index is 329. The monoisotopic (exact) mass is 361 g/mol. The summed E-state index contributed by atoms with van der Waals surface area (Å²) in [5.74, 6) is -1.09. The first-order valence-electron chi connectivity index (χ1n) is 10.1. The number of esters is 2. The Balaban J connectivity index is 0. The maximum Gasteiger partial charge on any atom is 0.337 e. The molecule has 0 unspecified atom stereocenters. The summed E-state index contributed by atoms with van der Waals surface area (Å²) in [7, 11) is 0. The van der Waals surface area contributed by atoms with E-state index in [1.807, 2.05) is 0 Å². The zero-order valence-electron chi connectivity index (χ0n) is 16.8. The first-order valence-corrected chi connectivity index (χ1v) is 10.1. The molecule has 0 rings (SSSR count). The predicted molar refractivity (Wildman–Crippen MR) is 107 cm³/mol. The molecular formula is C21H38NaO3. The Morgan fingerprint density at radius 2 is 1.08 bits per heavy atom. The SMILES string of the molecule is C=CC(=O)OC(=O)CCCCCCCCCCCCCCCCC.[Na]. The molecule has 0 atom stereocenters. The van der Waals surface area contributed by atoms with Gasteiger partial charge in [0.2, 0.25) is 0 Å². The van der Waals surface area contributed by atoms with Crippen molar-refractivity contribution in [3.8, 4) is 0 Å². The van der Waals surface area contributed by atoms with Gasteiger partial charge in [0.15, 0.2) is 0 Å². The molecule has 0 aliphatic heterocycles. The van der Waals surface area contributed by atoms with Crippen LogP contribution in [0.1, 0.15) is 110 Å². The Labute approximate surface area is 177 Å². The Hall–Kier alpha value is -0.120. The third-order valence-electron chi connectivity index (χ3n) is 4.37. The van der Waals surface area contributed by atoms with Gasteiger partial charge in [-0.1, -0.05) is 103 Å². The van der Waals surface area contributed by atoms with Crippen molar-refractivity contribution >= 4 is 41.5 Å². The summed E-state index contributed by atoms with van der Waals surface area (Å²) < 4.78 is 4.52. The van der Waals surface area contributed by atoms with Crippen LogP contribution in [0.3, 0.4) is 0 Å². The maximum atomic E-state index is 11.3. The maximum absolute atomic E-state index is 11.3. The van der Waals surface area contributed by atoms with E-state index in [9.17, 15) is 9.59 Å². The van der Waals surface area contributed by atoms with E-state index in [-0.39, 0.29) is 29.6 Å².